The van der Waals surface area contributed by atoms with Crippen molar-refractivity contribution >= 4 is 12.1 Å². The molecule has 0 aromatic rings. The molecule has 0 unspecified atom stereocenters. The van der Waals surface area contributed by atoms with Gasteiger partial charge in [-0.15, -0.1) is 0 Å². The summed E-state index contributed by atoms with van der Waals surface area (Å²) in [5.41, 5.74) is 0. The van der Waals surface area contributed by atoms with Crippen LogP contribution in [0.4, 0.5) is 4.79 Å². The van der Waals surface area contributed by atoms with E-state index in [1.54, 1.807) is 4.90 Å². The molecule has 98 valence electrons. The van der Waals surface area contributed by atoms with Crippen LogP contribution in [0.3, 0.4) is 0 Å². The molecule has 0 atom stereocenters. The minimum Gasteiger partial charge on any atom is -0.459 e. The highest BCUT2D eigenvalue weighted by molar-refractivity contribution is 5.81. The van der Waals surface area contributed by atoms with Crippen LogP contribution >= 0.6 is 0 Å². The van der Waals surface area contributed by atoms with Crippen molar-refractivity contribution in [1.82, 2.24) is 4.90 Å². The highest BCUT2D eigenvalue weighted by atomic mass is 16.6. The third-order valence-corrected chi connectivity index (χ3v) is 2.04. The summed E-state index contributed by atoms with van der Waals surface area (Å²) in [7, 11) is 0. The SMILES string of the molecule is C=CC(=O)OCCOC(=O)N(C(C)C)C(C)C. The van der Waals surface area contributed by atoms with Gasteiger partial charge in [-0.05, 0) is 27.7 Å². The Morgan fingerprint density at radius 3 is 2.00 bits per heavy atom. The van der Waals surface area contributed by atoms with Crippen molar-refractivity contribution in [2.45, 2.75) is 39.8 Å². The van der Waals surface area contributed by atoms with Gasteiger partial charge >= 0.3 is 12.1 Å². The molecule has 17 heavy (non-hydrogen) atoms. The molecule has 0 radical (unpaired) electrons. The second-order valence-corrected chi connectivity index (χ2v) is 4.08. The molecule has 0 bridgehead atoms. The van der Waals surface area contributed by atoms with Crippen LogP contribution in [0.25, 0.3) is 0 Å². The molecule has 0 fully saturated rings. The van der Waals surface area contributed by atoms with Gasteiger partial charge in [-0.25, -0.2) is 9.59 Å². The highest BCUT2D eigenvalue weighted by Crippen LogP contribution is 2.07. The molecule has 0 heterocycles. The predicted molar refractivity (Wildman–Crippen MR) is 64.6 cm³/mol. The van der Waals surface area contributed by atoms with E-state index in [1.807, 2.05) is 27.7 Å². The largest absolute Gasteiger partial charge is 0.459 e. The van der Waals surface area contributed by atoms with Crippen LogP contribution in [0.1, 0.15) is 27.7 Å². The van der Waals surface area contributed by atoms with Crippen LogP contribution in [-0.2, 0) is 14.3 Å². The Hall–Kier alpha value is -1.52. The molecule has 1 amide bonds. The Morgan fingerprint density at radius 2 is 1.59 bits per heavy atom. The van der Waals surface area contributed by atoms with E-state index in [4.69, 9.17) is 4.74 Å². The van der Waals surface area contributed by atoms with Crippen molar-refractivity contribution in [3.8, 4) is 0 Å². The number of carbonyl (C=O) groups is 2. The zero-order valence-corrected chi connectivity index (χ0v) is 10.9. The Labute approximate surface area is 102 Å². The van der Waals surface area contributed by atoms with Crippen LogP contribution in [0.2, 0.25) is 0 Å². The van der Waals surface area contributed by atoms with Gasteiger partial charge in [-0.2, -0.15) is 0 Å². The van der Waals surface area contributed by atoms with Crippen molar-refractivity contribution in [2.24, 2.45) is 0 Å². The normalized spacial score (nSPS) is 10.2. The van der Waals surface area contributed by atoms with Gasteiger partial charge < -0.3 is 14.4 Å². The van der Waals surface area contributed by atoms with Gasteiger partial charge in [0.2, 0.25) is 0 Å². The highest BCUT2D eigenvalue weighted by Gasteiger charge is 2.21. The van der Waals surface area contributed by atoms with Crippen LogP contribution in [-0.4, -0.2) is 42.3 Å². The maximum atomic E-state index is 11.7. The maximum Gasteiger partial charge on any atom is 0.410 e. The predicted octanol–water partition coefficient (Wildman–Crippen LogP) is 1.97. The maximum absolute atomic E-state index is 11.7. The summed E-state index contributed by atoms with van der Waals surface area (Å²) < 4.78 is 9.69. The summed E-state index contributed by atoms with van der Waals surface area (Å²) in [6.45, 7) is 11.0. The number of carbonyl (C=O) groups excluding carboxylic acids is 2. The van der Waals surface area contributed by atoms with Gasteiger partial charge in [0.1, 0.15) is 13.2 Å². The molecule has 0 aliphatic rings. The summed E-state index contributed by atoms with van der Waals surface area (Å²) in [4.78, 5) is 24.0. The van der Waals surface area contributed by atoms with Crippen molar-refractivity contribution < 1.29 is 19.1 Å². The monoisotopic (exact) mass is 243 g/mol. The molecule has 0 rings (SSSR count). The molecule has 0 saturated heterocycles. The zero-order valence-electron chi connectivity index (χ0n) is 10.9. The fourth-order valence-corrected chi connectivity index (χ4v) is 1.42. The van der Waals surface area contributed by atoms with Crippen LogP contribution in [0.5, 0.6) is 0 Å². The van der Waals surface area contributed by atoms with E-state index in [1.165, 1.54) is 0 Å². The summed E-state index contributed by atoms with van der Waals surface area (Å²) in [6.07, 6.45) is 0.667. The lowest BCUT2D eigenvalue weighted by atomic mass is 10.2. The van der Waals surface area contributed by atoms with E-state index >= 15 is 0 Å². The molecule has 0 aromatic carbocycles. The first-order valence-electron chi connectivity index (χ1n) is 5.64. The second-order valence-electron chi connectivity index (χ2n) is 4.08. The van der Waals surface area contributed by atoms with Gasteiger partial charge in [-0.1, -0.05) is 6.58 Å². The van der Waals surface area contributed by atoms with E-state index < -0.39 is 12.1 Å². The molecular formula is C12H21NO4. The number of hydrogen-bond donors (Lipinski definition) is 0. The molecule has 0 aromatic heterocycles. The average Bonchev–Trinajstić information content (AvgIpc) is 2.22. The lowest BCUT2D eigenvalue weighted by Crippen LogP contribution is -2.42. The fraction of sp³-hybridized carbons (Fsp3) is 0.667. The van der Waals surface area contributed by atoms with E-state index in [9.17, 15) is 9.59 Å². The first-order chi connectivity index (χ1) is 7.90. The van der Waals surface area contributed by atoms with Crippen LogP contribution in [0, 0.1) is 0 Å². The van der Waals surface area contributed by atoms with Gasteiger partial charge in [0.15, 0.2) is 0 Å². The number of amides is 1. The molecule has 5 nitrogen and oxygen atoms in total. The molecule has 0 N–H and O–H groups in total. The van der Waals surface area contributed by atoms with E-state index in [0.29, 0.717) is 0 Å². The summed E-state index contributed by atoms with van der Waals surface area (Å²) >= 11 is 0. The van der Waals surface area contributed by atoms with E-state index in [0.717, 1.165) is 6.08 Å². The third-order valence-electron chi connectivity index (χ3n) is 2.04. The fourth-order valence-electron chi connectivity index (χ4n) is 1.42. The van der Waals surface area contributed by atoms with Crippen molar-refractivity contribution in [3.63, 3.8) is 0 Å². The number of ether oxygens (including phenoxy) is 2. The quantitative estimate of drug-likeness (QED) is 0.406. The van der Waals surface area contributed by atoms with Crippen molar-refractivity contribution in [1.29, 1.82) is 0 Å². The molecule has 5 heteroatoms. The standard InChI is InChI=1S/C12H21NO4/c1-6-11(14)16-7-8-17-12(15)13(9(2)3)10(4)5/h6,9-10H,1,7-8H2,2-5H3. The zero-order chi connectivity index (χ0) is 13.4. The smallest absolute Gasteiger partial charge is 0.410 e. The molecule has 0 aliphatic heterocycles. The first-order valence-corrected chi connectivity index (χ1v) is 5.64. The second kappa shape index (κ2) is 7.70. The summed E-state index contributed by atoms with van der Waals surface area (Å²) in [5.74, 6) is -0.523. The van der Waals surface area contributed by atoms with Gasteiger partial charge in [0, 0.05) is 18.2 Å². The first kappa shape index (κ1) is 15.5. The van der Waals surface area contributed by atoms with E-state index in [2.05, 4.69) is 11.3 Å². The third kappa shape index (κ3) is 5.94. The lowest BCUT2D eigenvalue weighted by Gasteiger charge is -2.29. The summed E-state index contributed by atoms with van der Waals surface area (Å²) in [5, 5.41) is 0. The number of rotatable bonds is 6. The average molecular weight is 243 g/mol. The van der Waals surface area contributed by atoms with Crippen molar-refractivity contribution in [3.05, 3.63) is 12.7 Å². The summed E-state index contributed by atoms with van der Waals surface area (Å²) in [6, 6.07) is 0.136. The van der Waals surface area contributed by atoms with E-state index in [-0.39, 0.29) is 25.3 Å². The van der Waals surface area contributed by atoms with Crippen LogP contribution in [0.15, 0.2) is 12.7 Å². The Bertz CT molecular complexity index is 266. The number of hydrogen-bond acceptors (Lipinski definition) is 4. The number of esters is 1. The van der Waals surface area contributed by atoms with Gasteiger partial charge in [0.05, 0.1) is 0 Å². The topological polar surface area (TPSA) is 55.8 Å². The Balaban J connectivity index is 3.99. The minimum absolute atomic E-state index is 0.0423. The molecular weight excluding hydrogens is 222 g/mol. The minimum atomic E-state index is -0.523. The lowest BCUT2D eigenvalue weighted by molar-refractivity contribution is -0.138. The van der Waals surface area contributed by atoms with Gasteiger partial charge in [0.25, 0.3) is 0 Å². The molecule has 0 spiro atoms. The molecule has 0 saturated carbocycles. The van der Waals surface area contributed by atoms with Crippen LogP contribution < -0.4 is 0 Å². The number of nitrogens with zero attached hydrogens (tertiary/aromatic N) is 1. The molecule has 0 aliphatic carbocycles. The van der Waals surface area contributed by atoms with Crippen molar-refractivity contribution in [2.75, 3.05) is 13.2 Å². The van der Waals surface area contributed by atoms with Gasteiger partial charge in [-0.3, -0.25) is 0 Å². The Morgan fingerprint density at radius 1 is 1.12 bits per heavy atom. The Kier molecular flexibility index (Phi) is 7.02.